The second kappa shape index (κ2) is 7.74. The highest BCUT2D eigenvalue weighted by molar-refractivity contribution is 5.37. The number of unbranched alkanes of at least 4 members (excludes halogenated alkanes) is 1. The van der Waals surface area contributed by atoms with Gasteiger partial charge in [-0.2, -0.15) is 0 Å². The Morgan fingerprint density at radius 3 is 2.69 bits per heavy atom. The first-order chi connectivity index (χ1) is 7.86. The zero-order chi connectivity index (χ0) is 11.6. The summed E-state index contributed by atoms with van der Waals surface area (Å²) >= 11 is 0. The second-order valence-corrected chi connectivity index (χ2v) is 3.62. The van der Waals surface area contributed by atoms with Crippen LogP contribution in [0.4, 0.5) is 0 Å². The van der Waals surface area contributed by atoms with Crippen molar-refractivity contribution in [2.24, 2.45) is 0 Å². The molecule has 1 aromatic carbocycles. The molecule has 0 aliphatic heterocycles. The second-order valence-electron chi connectivity index (χ2n) is 3.62. The van der Waals surface area contributed by atoms with E-state index in [1.165, 1.54) is 0 Å². The van der Waals surface area contributed by atoms with Gasteiger partial charge in [-0.3, -0.25) is 4.79 Å². The molecule has 0 fully saturated rings. The third kappa shape index (κ3) is 4.82. The highest BCUT2D eigenvalue weighted by Gasteiger charge is 2.09. The number of carbonyl (C=O) groups excluding carboxylic acids is 1. The zero-order valence-corrected chi connectivity index (χ0v) is 9.59. The zero-order valence-electron chi connectivity index (χ0n) is 9.59. The van der Waals surface area contributed by atoms with E-state index in [0.717, 1.165) is 25.0 Å². The fourth-order valence-electron chi connectivity index (χ4n) is 1.41. The van der Waals surface area contributed by atoms with Crippen LogP contribution in [0.3, 0.4) is 0 Å². The normalized spacial score (nSPS) is 11.8. The van der Waals surface area contributed by atoms with Gasteiger partial charge in [0, 0.05) is 0 Å². The van der Waals surface area contributed by atoms with Crippen LogP contribution in [-0.2, 0) is 9.53 Å². The van der Waals surface area contributed by atoms with Gasteiger partial charge in [-0.15, -0.1) is 0 Å². The van der Waals surface area contributed by atoms with Crippen LogP contribution in [0.5, 0.6) is 5.75 Å². The molecule has 0 aromatic heterocycles. The average molecular weight is 222 g/mol. The van der Waals surface area contributed by atoms with E-state index in [0.29, 0.717) is 13.1 Å². The lowest BCUT2D eigenvalue weighted by Gasteiger charge is -2.15. The van der Waals surface area contributed by atoms with Crippen LogP contribution in [-0.4, -0.2) is 19.2 Å². The van der Waals surface area contributed by atoms with Crippen LogP contribution in [0.15, 0.2) is 30.3 Å². The third-order valence-corrected chi connectivity index (χ3v) is 2.31. The van der Waals surface area contributed by atoms with Gasteiger partial charge in [0.1, 0.15) is 18.5 Å². The molecule has 0 aliphatic carbocycles. The number of para-hydroxylation sites is 1. The summed E-state index contributed by atoms with van der Waals surface area (Å²) in [6.07, 6.45) is 2.83. The van der Waals surface area contributed by atoms with E-state index >= 15 is 0 Å². The monoisotopic (exact) mass is 222 g/mol. The lowest BCUT2D eigenvalue weighted by atomic mass is 10.2. The van der Waals surface area contributed by atoms with E-state index < -0.39 is 0 Å². The molecular weight excluding hydrogens is 204 g/mol. The molecule has 1 rings (SSSR count). The van der Waals surface area contributed by atoms with Crippen molar-refractivity contribution in [3.8, 4) is 5.75 Å². The molecule has 16 heavy (non-hydrogen) atoms. The van der Waals surface area contributed by atoms with Gasteiger partial charge >= 0.3 is 0 Å². The molecule has 88 valence electrons. The average Bonchev–Trinajstić information content (AvgIpc) is 2.34. The molecule has 1 unspecified atom stereocenters. The van der Waals surface area contributed by atoms with E-state index in [2.05, 4.69) is 6.92 Å². The van der Waals surface area contributed by atoms with Crippen molar-refractivity contribution in [2.75, 3.05) is 6.61 Å². The maximum absolute atomic E-state index is 10.3. The third-order valence-electron chi connectivity index (χ3n) is 2.31. The fourth-order valence-corrected chi connectivity index (χ4v) is 1.41. The Morgan fingerprint density at radius 2 is 2.06 bits per heavy atom. The van der Waals surface area contributed by atoms with Crippen molar-refractivity contribution in [3.63, 3.8) is 0 Å². The van der Waals surface area contributed by atoms with Gasteiger partial charge in [-0.1, -0.05) is 31.5 Å². The summed E-state index contributed by atoms with van der Waals surface area (Å²) in [5.41, 5.74) is 0. The molecule has 0 radical (unpaired) electrons. The Morgan fingerprint density at radius 1 is 1.31 bits per heavy atom. The van der Waals surface area contributed by atoms with Gasteiger partial charge in [0.25, 0.3) is 6.47 Å². The molecular formula is C13H18O3. The summed E-state index contributed by atoms with van der Waals surface area (Å²) in [6.45, 7) is 3.02. The molecule has 0 N–H and O–H groups in total. The molecule has 0 amide bonds. The Hall–Kier alpha value is -1.51. The molecule has 0 saturated carbocycles. The lowest BCUT2D eigenvalue weighted by molar-refractivity contribution is -0.135. The smallest absolute Gasteiger partial charge is 0.293 e. The summed E-state index contributed by atoms with van der Waals surface area (Å²) in [5, 5.41) is 0. The molecule has 1 aromatic rings. The first kappa shape index (κ1) is 12.6. The van der Waals surface area contributed by atoms with Gasteiger partial charge < -0.3 is 9.47 Å². The van der Waals surface area contributed by atoms with Crippen molar-refractivity contribution >= 4 is 6.47 Å². The SMILES string of the molecule is CCCCC(COc1ccccc1)OC=O. The van der Waals surface area contributed by atoms with Gasteiger partial charge in [0.15, 0.2) is 0 Å². The maximum Gasteiger partial charge on any atom is 0.293 e. The van der Waals surface area contributed by atoms with Crippen molar-refractivity contribution in [2.45, 2.75) is 32.3 Å². The molecule has 0 saturated heterocycles. The number of hydrogen-bond donors (Lipinski definition) is 0. The minimum absolute atomic E-state index is 0.141. The summed E-state index contributed by atoms with van der Waals surface area (Å²) in [5.74, 6) is 0.804. The molecule has 3 heteroatoms. The first-order valence-corrected chi connectivity index (χ1v) is 5.63. The van der Waals surface area contributed by atoms with Gasteiger partial charge in [-0.25, -0.2) is 0 Å². The fraction of sp³-hybridized carbons (Fsp3) is 0.462. The van der Waals surface area contributed by atoms with Crippen LogP contribution in [0.2, 0.25) is 0 Å². The lowest BCUT2D eigenvalue weighted by Crippen LogP contribution is -2.21. The van der Waals surface area contributed by atoms with Gasteiger partial charge in [0.2, 0.25) is 0 Å². The molecule has 0 heterocycles. The van der Waals surface area contributed by atoms with Crippen molar-refractivity contribution in [1.82, 2.24) is 0 Å². The Balaban J connectivity index is 2.34. The van der Waals surface area contributed by atoms with Crippen LogP contribution in [0, 0.1) is 0 Å². The number of benzene rings is 1. The number of hydrogen-bond acceptors (Lipinski definition) is 3. The highest BCUT2D eigenvalue weighted by Crippen LogP contribution is 2.11. The van der Waals surface area contributed by atoms with Crippen LogP contribution < -0.4 is 4.74 Å². The van der Waals surface area contributed by atoms with Crippen LogP contribution in [0.25, 0.3) is 0 Å². The molecule has 0 spiro atoms. The standard InChI is InChI=1S/C13H18O3/c1-2-3-7-13(16-11-14)10-15-12-8-5-4-6-9-12/h4-6,8-9,11,13H,2-3,7,10H2,1H3. The van der Waals surface area contributed by atoms with Gasteiger partial charge in [-0.05, 0) is 25.0 Å². The predicted molar refractivity (Wildman–Crippen MR) is 62.4 cm³/mol. The molecule has 0 bridgehead atoms. The minimum atomic E-state index is -0.141. The topological polar surface area (TPSA) is 35.5 Å². The summed E-state index contributed by atoms with van der Waals surface area (Å²) < 4.78 is 10.5. The minimum Gasteiger partial charge on any atom is -0.490 e. The van der Waals surface area contributed by atoms with Crippen LogP contribution in [0.1, 0.15) is 26.2 Å². The highest BCUT2D eigenvalue weighted by atomic mass is 16.6. The summed E-state index contributed by atoms with van der Waals surface area (Å²) in [7, 11) is 0. The molecule has 0 aliphatic rings. The summed E-state index contributed by atoms with van der Waals surface area (Å²) in [6, 6.07) is 9.53. The first-order valence-electron chi connectivity index (χ1n) is 5.63. The largest absolute Gasteiger partial charge is 0.490 e. The van der Waals surface area contributed by atoms with Crippen LogP contribution >= 0.6 is 0 Å². The predicted octanol–water partition coefficient (Wildman–Crippen LogP) is 2.80. The van der Waals surface area contributed by atoms with Crippen molar-refractivity contribution in [3.05, 3.63) is 30.3 Å². The number of carbonyl (C=O) groups is 1. The van der Waals surface area contributed by atoms with Gasteiger partial charge in [0.05, 0.1) is 0 Å². The quantitative estimate of drug-likeness (QED) is 0.634. The maximum atomic E-state index is 10.3. The summed E-state index contributed by atoms with van der Waals surface area (Å²) in [4.78, 5) is 10.3. The Bertz CT molecular complexity index is 284. The van der Waals surface area contributed by atoms with E-state index in [4.69, 9.17) is 9.47 Å². The van der Waals surface area contributed by atoms with E-state index in [1.807, 2.05) is 30.3 Å². The molecule has 3 nitrogen and oxygen atoms in total. The number of ether oxygens (including phenoxy) is 2. The van der Waals surface area contributed by atoms with E-state index in [-0.39, 0.29) is 6.10 Å². The van der Waals surface area contributed by atoms with E-state index in [9.17, 15) is 4.79 Å². The van der Waals surface area contributed by atoms with Crippen molar-refractivity contribution in [1.29, 1.82) is 0 Å². The number of rotatable bonds is 8. The molecule has 1 atom stereocenters. The Labute approximate surface area is 96.4 Å². The van der Waals surface area contributed by atoms with Crippen molar-refractivity contribution < 1.29 is 14.3 Å². The van der Waals surface area contributed by atoms with E-state index in [1.54, 1.807) is 0 Å². The Kier molecular flexibility index (Phi) is 6.07.